The summed E-state index contributed by atoms with van der Waals surface area (Å²) in [6.07, 6.45) is 3.22. The Kier molecular flexibility index (Phi) is 4.99. The molecule has 0 aliphatic rings. The number of Topliss-reactive ketones (excluding diaryl/α,β-unsaturated/α-hetero) is 1. The van der Waals surface area contributed by atoms with Crippen molar-refractivity contribution >= 4 is 5.78 Å². The summed E-state index contributed by atoms with van der Waals surface area (Å²) in [6, 6.07) is 3.39. The zero-order valence-electron chi connectivity index (χ0n) is 7.16. The van der Waals surface area contributed by atoms with Crippen molar-refractivity contribution in [3.8, 4) is 0 Å². The Morgan fingerprint density at radius 3 is 2.00 bits per heavy atom. The van der Waals surface area contributed by atoms with Crippen LogP contribution in [0.25, 0.3) is 0 Å². The van der Waals surface area contributed by atoms with E-state index in [1.165, 1.54) is 6.92 Å². The third-order valence-corrected chi connectivity index (χ3v) is 1.09. The standard InChI is InChI=1S/C7H7NO.C2H6/c1-6(9)7-2-4-8-5-3-7;1-2/h2-5H,1H3;1-2H3. The van der Waals surface area contributed by atoms with E-state index in [1.807, 2.05) is 13.8 Å². The second kappa shape index (κ2) is 5.59. The fourth-order valence-electron chi connectivity index (χ4n) is 0.587. The summed E-state index contributed by atoms with van der Waals surface area (Å²) >= 11 is 0. The van der Waals surface area contributed by atoms with Crippen LogP contribution >= 0.6 is 0 Å². The molecule has 0 atom stereocenters. The lowest BCUT2D eigenvalue weighted by Gasteiger charge is -1.88. The van der Waals surface area contributed by atoms with Gasteiger partial charge in [0.15, 0.2) is 5.78 Å². The molecular formula is C9H13NO. The van der Waals surface area contributed by atoms with Gasteiger partial charge in [-0.2, -0.15) is 0 Å². The van der Waals surface area contributed by atoms with Crippen molar-refractivity contribution in [1.82, 2.24) is 4.98 Å². The largest absolute Gasteiger partial charge is 0.295 e. The van der Waals surface area contributed by atoms with Crippen LogP contribution in [0.2, 0.25) is 0 Å². The molecular weight excluding hydrogens is 138 g/mol. The second-order valence-electron chi connectivity index (χ2n) is 1.79. The van der Waals surface area contributed by atoms with Gasteiger partial charge in [-0.25, -0.2) is 0 Å². The fourth-order valence-corrected chi connectivity index (χ4v) is 0.587. The van der Waals surface area contributed by atoms with Crippen molar-refractivity contribution in [3.05, 3.63) is 30.1 Å². The first-order valence-corrected chi connectivity index (χ1v) is 3.71. The number of pyridine rings is 1. The highest BCUT2D eigenvalue weighted by atomic mass is 16.1. The molecule has 2 nitrogen and oxygen atoms in total. The molecule has 1 heterocycles. The summed E-state index contributed by atoms with van der Waals surface area (Å²) in [7, 11) is 0. The maximum absolute atomic E-state index is 10.6. The van der Waals surface area contributed by atoms with E-state index in [0.717, 1.165) is 0 Å². The van der Waals surface area contributed by atoms with Gasteiger partial charge < -0.3 is 0 Å². The van der Waals surface area contributed by atoms with Gasteiger partial charge in [-0.3, -0.25) is 9.78 Å². The van der Waals surface area contributed by atoms with Crippen LogP contribution in [0.1, 0.15) is 31.1 Å². The monoisotopic (exact) mass is 151 g/mol. The van der Waals surface area contributed by atoms with Gasteiger partial charge >= 0.3 is 0 Å². The maximum Gasteiger partial charge on any atom is 0.159 e. The smallest absolute Gasteiger partial charge is 0.159 e. The number of carbonyl (C=O) groups is 1. The molecule has 0 N–H and O–H groups in total. The fraction of sp³-hybridized carbons (Fsp3) is 0.333. The van der Waals surface area contributed by atoms with Crippen LogP contribution in [0, 0.1) is 0 Å². The minimum atomic E-state index is 0.0809. The van der Waals surface area contributed by atoms with E-state index < -0.39 is 0 Å². The Balaban J connectivity index is 0.000000461. The molecule has 0 fully saturated rings. The zero-order chi connectivity index (χ0) is 8.69. The summed E-state index contributed by atoms with van der Waals surface area (Å²) in [5, 5.41) is 0. The average Bonchev–Trinajstić information content (AvgIpc) is 2.10. The lowest BCUT2D eigenvalue weighted by Crippen LogP contribution is -1.89. The quantitative estimate of drug-likeness (QED) is 0.576. The predicted octanol–water partition coefficient (Wildman–Crippen LogP) is 2.31. The van der Waals surface area contributed by atoms with Gasteiger partial charge in [-0.05, 0) is 19.1 Å². The molecule has 0 aromatic carbocycles. The van der Waals surface area contributed by atoms with E-state index in [0.29, 0.717) is 5.56 Å². The van der Waals surface area contributed by atoms with E-state index in [2.05, 4.69) is 4.98 Å². The number of hydrogen-bond donors (Lipinski definition) is 0. The van der Waals surface area contributed by atoms with Gasteiger partial charge in [0.05, 0.1) is 0 Å². The molecule has 1 aromatic rings. The SMILES string of the molecule is CC.CC(=O)c1ccncc1. The highest BCUT2D eigenvalue weighted by molar-refractivity contribution is 5.93. The van der Waals surface area contributed by atoms with E-state index in [-0.39, 0.29) is 5.78 Å². The minimum Gasteiger partial charge on any atom is -0.295 e. The van der Waals surface area contributed by atoms with Gasteiger partial charge in [0.1, 0.15) is 0 Å². The molecule has 0 saturated carbocycles. The van der Waals surface area contributed by atoms with Crippen LogP contribution in [-0.4, -0.2) is 10.8 Å². The number of aromatic nitrogens is 1. The Labute approximate surface area is 67.3 Å². The van der Waals surface area contributed by atoms with Crippen molar-refractivity contribution in [1.29, 1.82) is 0 Å². The number of carbonyl (C=O) groups excluding carboxylic acids is 1. The van der Waals surface area contributed by atoms with E-state index >= 15 is 0 Å². The molecule has 0 spiro atoms. The first-order chi connectivity index (χ1) is 5.30. The topological polar surface area (TPSA) is 30.0 Å². The van der Waals surface area contributed by atoms with Gasteiger partial charge in [0.25, 0.3) is 0 Å². The molecule has 0 saturated heterocycles. The molecule has 0 aliphatic heterocycles. The van der Waals surface area contributed by atoms with E-state index in [4.69, 9.17) is 0 Å². The summed E-state index contributed by atoms with van der Waals surface area (Å²) in [6.45, 7) is 5.54. The van der Waals surface area contributed by atoms with Crippen LogP contribution in [0.15, 0.2) is 24.5 Å². The van der Waals surface area contributed by atoms with Gasteiger partial charge in [0.2, 0.25) is 0 Å². The van der Waals surface area contributed by atoms with E-state index in [1.54, 1.807) is 24.5 Å². The molecule has 0 amide bonds. The summed E-state index contributed by atoms with van der Waals surface area (Å²) in [5.41, 5.74) is 0.713. The van der Waals surface area contributed by atoms with Crippen LogP contribution in [0.3, 0.4) is 0 Å². The molecule has 0 bridgehead atoms. The molecule has 0 radical (unpaired) electrons. The van der Waals surface area contributed by atoms with Crippen molar-refractivity contribution < 1.29 is 4.79 Å². The lowest BCUT2D eigenvalue weighted by atomic mass is 10.2. The molecule has 0 unspecified atom stereocenters. The Bertz CT molecular complexity index is 206. The zero-order valence-corrected chi connectivity index (χ0v) is 7.16. The maximum atomic E-state index is 10.6. The minimum absolute atomic E-state index is 0.0809. The number of nitrogens with zero attached hydrogens (tertiary/aromatic N) is 1. The van der Waals surface area contributed by atoms with Gasteiger partial charge in [0, 0.05) is 18.0 Å². The highest BCUT2D eigenvalue weighted by Crippen LogP contribution is 1.95. The average molecular weight is 151 g/mol. The Morgan fingerprint density at radius 1 is 1.27 bits per heavy atom. The van der Waals surface area contributed by atoms with Crippen molar-refractivity contribution in [3.63, 3.8) is 0 Å². The molecule has 1 aromatic heterocycles. The van der Waals surface area contributed by atoms with Crippen molar-refractivity contribution in [2.75, 3.05) is 0 Å². The number of ketones is 1. The first-order valence-electron chi connectivity index (χ1n) is 3.71. The normalized spacial score (nSPS) is 7.91. The van der Waals surface area contributed by atoms with Crippen LogP contribution in [0.5, 0.6) is 0 Å². The Morgan fingerprint density at radius 2 is 1.73 bits per heavy atom. The lowest BCUT2D eigenvalue weighted by molar-refractivity contribution is 0.101. The van der Waals surface area contributed by atoms with Crippen molar-refractivity contribution in [2.24, 2.45) is 0 Å². The third kappa shape index (κ3) is 3.50. The van der Waals surface area contributed by atoms with Crippen LogP contribution in [0.4, 0.5) is 0 Å². The molecule has 0 aliphatic carbocycles. The molecule has 2 heteroatoms. The second-order valence-corrected chi connectivity index (χ2v) is 1.79. The van der Waals surface area contributed by atoms with Crippen LogP contribution in [-0.2, 0) is 0 Å². The van der Waals surface area contributed by atoms with Gasteiger partial charge in [-0.15, -0.1) is 0 Å². The first kappa shape index (κ1) is 9.82. The number of rotatable bonds is 1. The number of hydrogen-bond acceptors (Lipinski definition) is 2. The van der Waals surface area contributed by atoms with Crippen molar-refractivity contribution in [2.45, 2.75) is 20.8 Å². The highest BCUT2D eigenvalue weighted by Gasteiger charge is 1.93. The molecule has 60 valence electrons. The Hall–Kier alpha value is -1.18. The predicted molar refractivity (Wildman–Crippen MR) is 45.6 cm³/mol. The molecule has 11 heavy (non-hydrogen) atoms. The van der Waals surface area contributed by atoms with Crippen LogP contribution < -0.4 is 0 Å². The molecule has 1 rings (SSSR count). The van der Waals surface area contributed by atoms with Gasteiger partial charge in [-0.1, -0.05) is 13.8 Å². The summed E-state index contributed by atoms with van der Waals surface area (Å²) < 4.78 is 0. The summed E-state index contributed by atoms with van der Waals surface area (Å²) in [5.74, 6) is 0.0809. The summed E-state index contributed by atoms with van der Waals surface area (Å²) in [4.78, 5) is 14.4. The third-order valence-electron chi connectivity index (χ3n) is 1.09. The van der Waals surface area contributed by atoms with E-state index in [9.17, 15) is 4.79 Å².